The van der Waals surface area contributed by atoms with Gasteiger partial charge in [0.25, 0.3) is 0 Å². The fourth-order valence-electron chi connectivity index (χ4n) is 4.45. The smallest absolute Gasteiger partial charge is 0.310 e. The van der Waals surface area contributed by atoms with Crippen LogP contribution < -0.4 is 0 Å². The Morgan fingerprint density at radius 1 is 0.675 bits per heavy atom. The van der Waals surface area contributed by atoms with Gasteiger partial charge in [-0.15, -0.1) is 0 Å². The van der Waals surface area contributed by atoms with Gasteiger partial charge in [-0.3, -0.25) is 9.59 Å². The Bertz CT molecular complexity index is 1170. The maximum atomic E-state index is 11.6. The van der Waals surface area contributed by atoms with Crippen LogP contribution in [0.25, 0.3) is 11.1 Å². The molecule has 0 fully saturated rings. The number of carboxylic acid groups (broad SMARTS) is 2. The minimum Gasteiger partial charge on any atom is -0.508 e. The van der Waals surface area contributed by atoms with Crippen LogP contribution in [0.2, 0.25) is 0 Å². The lowest BCUT2D eigenvalue weighted by Crippen LogP contribution is -2.32. The Hall–Kier alpha value is -3.02. The summed E-state index contributed by atoms with van der Waals surface area (Å²) in [7, 11) is 0. The Morgan fingerprint density at radius 2 is 1.18 bits per heavy atom. The van der Waals surface area contributed by atoms with Crippen molar-refractivity contribution in [3.8, 4) is 22.6 Å². The van der Waals surface area contributed by atoms with E-state index in [9.17, 15) is 19.8 Å². The summed E-state index contributed by atoms with van der Waals surface area (Å²) in [5.41, 5.74) is 3.41. The molecule has 0 saturated carbocycles. The molecule has 2 unspecified atom stereocenters. The van der Waals surface area contributed by atoms with Crippen LogP contribution in [-0.4, -0.2) is 32.4 Å². The molecule has 0 saturated heterocycles. The van der Waals surface area contributed by atoms with Gasteiger partial charge in [-0.05, 0) is 69.4 Å². The largest absolute Gasteiger partial charge is 0.508 e. The van der Waals surface area contributed by atoms with Crippen molar-refractivity contribution in [2.75, 3.05) is 0 Å². The van der Waals surface area contributed by atoms with Gasteiger partial charge in [0.15, 0.2) is 0 Å². The van der Waals surface area contributed by atoms with E-state index in [4.69, 9.17) is 10.2 Å². The summed E-state index contributed by atoms with van der Waals surface area (Å²) in [5.74, 6) is -1.65. The summed E-state index contributed by atoms with van der Waals surface area (Å²) >= 11 is 0. The average molecular weight is 557 g/mol. The molecule has 1 aromatic carbocycles. The standard InChI is InChI=1S/C17H26O3.C11H22O2.C6H4O/c1-16(2,3)10-12(15(19)20)11-7-8-14(18)13(9-11)17(4,5)6;1-10(2,3)7-8(9(12)13)11(4,5)6;7-6-2-1-4-3-5(4)6/h7-9,12,18H,10H2,1-6H3,(H,19,20);8H,7H2,1-6H3,(H,12,13);1-3,7H. The molecular formula is C34H52O6. The number of phenolic OH excluding ortho intramolecular Hbond substituents is 2. The predicted molar refractivity (Wildman–Crippen MR) is 163 cm³/mol. The van der Waals surface area contributed by atoms with E-state index in [0.29, 0.717) is 12.2 Å². The first-order chi connectivity index (χ1) is 17.8. The molecule has 6 heteroatoms. The molecule has 2 aliphatic carbocycles. The number of rotatable bonds is 5. The zero-order valence-electron chi connectivity index (χ0n) is 26.6. The van der Waals surface area contributed by atoms with Gasteiger partial charge in [-0.1, -0.05) is 101 Å². The van der Waals surface area contributed by atoms with E-state index in [-0.39, 0.29) is 33.3 Å². The van der Waals surface area contributed by atoms with E-state index in [1.807, 2.05) is 80.5 Å². The third-order valence-corrected chi connectivity index (χ3v) is 6.73. The highest BCUT2D eigenvalue weighted by atomic mass is 16.4. The molecule has 1 aromatic rings. The molecule has 0 aromatic heterocycles. The van der Waals surface area contributed by atoms with Crippen LogP contribution in [0, 0.1) is 22.2 Å². The van der Waals surface area contributed by atoms with Crippen LogP contribution in [0.4, 0.5) is 0 Å². The summed E-state index contributed by atoms with van der Waals surface area (Å²) in [6.45, 7) is 24.3. The number of phenols is 2. The Kier molecular flexibility index (Phi) is 11.1. The zero-order valence-corrected chi connectivity index (χ0v) is 26.6. The number of carbonyl (C=O) groups is 2. The van der Waals surface area contributed by atoms with Crippen LogP contribution >= 0.6 is 0 Å². The number of aromatic hydroxyl groups is 2. The zero-order chi connectivity index (χ0) is 31.4. The summed E-state index contributed by atoms with van der Waals surface area (Å²) < 4.78 is 0. The molecule has 0 heterocycles. The molecule has 0 amide bonds. The van der Waals surface area contributed by atoms with Crippen molar-refractivity contribution in [2.45, 2.75) is 107 Å². The highest BCUT2D eigenvalue weighted by Crippen LogP contribution is 2.42. The Morgan fingerprint density at radius 3 is 1.43 bits per heavy atom. The van der Waals surface area contributed by atoms with Gasteiger partial charge in [-0.25, -0.2) is 0 Å². The van der Waals surface area contributed by atoms with Gasteiger partial charge >= 0.3 is 11.9 Å². The van der Waals surface area contributed by atoms with Gasteiger partial charge in [0, 0.05) is 5.56 Å². The topological polar surface area (TPSA) is 115 Å². The lowest BCUT2D eigenvalue weighted by atomic mass is 9.72. The fraction of sp³-hybridized carbons (Fsp3) is 0.588. The van der Waals surface area contributed by atoms with Crippen molar-refractivity contribution in [2.24, 2.45) is 22.2 Å². The maximum Gasteiger partial charge on any atom is 0.310 e. The van der Waals surface area contributed by atoms with Crippen molar-refractivity contribution in [3.05, 3.63) is 47.5 Å². The van der Waals surface area contributed by atoms with Gasteiger partial charge < -0.3 is 20.4 Å². The SMILES string of the molecule is CC(C)(C)CC(C(=O)O)C(C)(C)C.CC(C)(C)CC(C(=O)O)c1ccc(O)c(C(C)(C)C)c1.Oc1ccc2cc1-2. The maximum absolute atomic E-state index is 11.6. The van der Waals surface area contributed by atoms with Crippen LogP contribution in [-0.2, 0) is 15.0 Å². The van der Waals surface area contributed by atoms with Gasteiger partial charge in [0.1, 0.15) is 11.5 Å². The molecule has 0 spiro atoms. The van der Waals surface area contributed by atoms with E-state index < -0.39 is 17.9 Å². The Labute approximate surface area is 241 Å². The quantitative estimate of drug-likeness (QED) is 0.249. The molecule has 0 aliphatic heterocycles. The van der Waals surface area contributed by atoms with Gasteiger partial charge in [0.2, 0.25) is 0 Å². The number of fused-ring (bicyclic) bond motifs is 1. The molecule has 3 rings (SSSR count). The first-order valence-electron chi connectivity index (χ1n) is 14.0. The number of hydrogen-bond acceptors (Lipinski definition) is 4. The molecule has 4 N–H and O–H groups in total. The fourth-order valence-corrected chi connectivity index (χ4v) is 4.45. The second kappa shape index (κ2) is 12.7. The minimum absolute atomic E-state index is 0.0666. The van der Waals surface area contributed by atoms with Crippen LogP contribution in [0.1, 0.15) is 113 Å². The lowest BCUT2D eigenvalue weighted by molar-refractivity contribution is -0.147. The summed E-state index contributed by atoms with van der Waals surface area (Å²) in [6.07, 6.45) is 1.29. The number of benzene rings is 2. The lowest BCUT2D eigenvalue weighted by Gasteiger charge is -2.32. The molecular weight excluding hydrogens is 504 g/mol. The molecule has 2 aliphatic rings. The second-order valence-corrected chi connectivity index (χ2v) is 15.4. The minimum atomic E-state index is -0.814. The third kappa shape index (κ3) is 11.6. The first kappa shape index (κ1) is 35.0. The average Bonchev–Trinajstić information content (AvgIpc) is 3.44. The van der Waals surface area contributed by atoms with Crippen LogP contribution in [0.5, 0.6) is 11.5 Å². The van der Waals surface area contributed by atoms with E-state index >= 15 is 0 Å². The van der Waals surface area contributed by atoms with Crippen LogP contribution in [0.15, 0.2) is 36.4 Å². The summed E-state index contributed by atoms with van der Waals surface area (Å²) in [5, 5.41) is 37.3. The van der Waals surface area contributed by atoms with Crippen molar-refractivity contribution < 1.29 is 30.0 Å². The molecule has 2 atom stereocenters. The highest BCUT2D eigenvalue weighted by Gasteiger charge is 2.34. The van der Waals surface area contributed by atoms with E-state index in [1.54, 1.807) is 18.2 Å². The number of aliphatic carboxylic acids is 2. The Balaban J connectivity index is 0.000000337. The number of carboxylic acids is 2. The summed E-state index contributed by atoms with van der Waals surface area (Å²) in [6, 6.07) is 10.7. The monoisotopic (exact) mass is 556 g/mol. The highest BCUT2D eigenvalue weighted by molar-refractivity contribution is 5.86. The van der Waals surface area contributed by atoms with Crippen molar-refractivity contribution >= 4 is 11.9 Å². The molecule has 6 nitrogen and oxygen atoms in total. The van der Waals surface area contributed by atoms with E-state index in [2.05, 4.69) is 20.8 Å². The van der Waals surface area contributed by atoms with Crippen molar-refractivity contribution in [3.63, 3.8) is 0 Å². The summed E-state index contributed by atoms with van der Waals surface area (Å²) in [4.78, 5) is 22.6. The molecule has 0 bridgehead atoms. The van der Waals surface area contributed by atoms with Crippen molar-refractivity contribution in [1.82, 2.24) is 0 Å². The third-order valence-electron chi connectivity index (χ3n) is 6.73. The van der Waals surface area contributed by atoms with E-state index in [1.165, 1.54) is 5.56 Å². The van der Waals surface area contributed by atoms with Crippen LogP contribution in [0.3, 0.4) is 0 Å². The van der Waals surface area contributed by atoms with Crippen molar-refractivity contribution in [1.29, 1.82) is 0 Å². The first-order valence-corrected chi connectivity index (χ1v) is 14.0. The molecule has 0 radical (unpaired) electrons. The predicted octanol–water partition coefficient (Wildman–Crippen LogP) is 8.84. The normalized spacial score (nSPS) is 14.1. The van der Waals surface area contributed by atoms with Gasteiger partial charge in [-0.2, -0.15) is 0 Å². The molecule has 40 heavy (non-hydrogen) atoms. The molecule has 224 valence electrons. The second-order valence-electron chi connectivity index (χ2n) is 15.4. The van der Waals surface area contributed by atoms with Gasteiger partial charge in [0.05, 0.1) is 11.8 Å². The van der Waals surface area contributed by atoms with E-state index in [0.717, 1.165) is 23.1 Å². The number of hydrogen-bond donors (Lipinski definition) is 4.